The molecule has 0 aromatic rings. The van der Waals surface area contributed by atoms with E-state index in [1.807, 2.05) is 0 Å². The fraction of sp³-hybridized carbons (Fsp3) is 1.00. The van der Waals surface area contributed by atoms with E-state index in [2.05, 4.69) is 27.7 Å². The molecule has 1 aliphatic heterocycles. The Hall–Kier alpha value is 0.840. The predicted molar refractivity (Wildman–Crippen MR) is 82.2 cm³/mol. The van der Waals surface area contributed by atoms with Crippen molar-refractivity contribution in [3.63, 3.8) is 0 Å². The Morgan fingerprint density at radius 1 is 0.857 bits per heavy atom. The van der Waals surface area contributed by atoms with Crippen LogP contribution < -0.4 is 34.0 Å². The molecule has 1 aliphatic rings. The fourth-order valence-electron chi connectivity index (χ4n) is 3.47. The van der Waals surface area contributed by atoms with Gasteiger partial charge in [0.25, 0.3) is 0 Å². The molecule has 0 aromatic heterocycles. The van der Waals surface area contributed by atoms with E-state index >= 15 is 0 Å². The number of hydrogen-bond donors (Lipinski definition) is 0. The van der Waals surface area contributed by atoms with E-state index in [9.17, 15) is 0 Å². The van der Waals surface area contributed by atoms with Gasteiger partial charge in [0.1, 0.15) is 13.1 Å². The zero-order valence-corrected chi connectivity index (χ0v) is 17.7. The maximum atomic E-state index is 5.95. The van der Waals surface area contributed by atoms with Gasteiger partial charge in [-0.1, -0.05) is 0 Å². The molecule has 0 spiro atoms. The summed E-state index contributed by atoms with van der Waals surface area (Å²) in [6.07, 6.45) is 2.82. The summed E-state index contributed by atoms with van der Waals surface area (Å²) in [4.78, 5) is 0. The molecular formula is C16H36Br2N2O. The lowest BCUT2D eigenvalue weighted by Crippen LogP contribution is -3.00. The molecule has 21 heavy (non-hydrogen) atoms. The highest BCUT2D eigenvalue weighted by atomic mass is 79.9. The first-order valence-electron chi connectivity index (χ1n) is 8.44. The molecule has 3 nitrogen and oxygen atoms in total. The highest BCUT2D eigenvalue weighted by Crippen LogP contribution is 2.18. The number of likely N-dealkylation sites (N-methyl/N-ethyl adjacent to an activating group) is 2. The van der Waals surface area contributed by atoms with Crippen molar-refractivity contribution in [3.8, 4) is 0 Å². The highest BCUT2D eigenvalue weighted by molar-refractivity contribution is 4.53. The standard InChI is InChI=1S/C16H36N2O.2BrH/c1-5-17(6-2,7-3)13-15-19-16-14-18(8-4)11-9-10-12-18;;/h5-16H2,1-4H3;2*1H/q+2;;/p-2. The van der Waals surface area contributed by atoms with Crippen LogP contribution in [0.3, 0.4) is 0 Å². The summed E-state index contributed by atoms with van der Waals surface area (Å²) in [6.45, 7) is 21.2. The molecule has 0 saturated carbocycles. The van der Waals surface area contributed by atoms with E-state index in [1.54, 1.807) is 0 Å². The van der Waals surface area contributed by atoms with Crippen LogP contribution in [0.4, 0.5) is 0 Å². The molecule has 0 amide bonds. The molecule has 0 bridgehead atoms. The molecular weight excluding hydrogens is 396 g/mol. The number of halogens is 2. The van der Waals surface area contributed by atoms with Crippen LogP contribution in [0.1, 0.15) is 40.5 Å². The number of quaternary nitrogens is 2. The minimum Gasteiger partial charge on any atom is -1.00 e. The Morgan fingerprint density at radius 3 is 1.81 bits per heavy atom. The topological polar surface area (TPSA) is 9.23 Å². The predicted octanol–water partition coefficient (Wildman–Crippen LogP) is -3.48. The molecule has 0 aliphatic carbocycles. The van der Waals surface area contributed by atoms with Gasteiger partial charge in [-0.25, -0.2) is 0 Å². The fourth-order valence-corrected chi connectivity index (χ4v) is 3.47. The lowest BCUT2D eigenvalue weighted by Gasteiger charge is -2.36. The second-order valence-electron chi connectivity index (χ2n) is 6.16. The molecule has 130 valence electrons. The van der Waals surface area contributed by atoms with Crippen LogP contribution in [-0.2, 0) is 4.74 Å². The van der Waals surface area contributed by atoms with Crippen LogP contribution in [0, 0.1) is 0 Å². The molecule has 0 atom stereocenters. The van der Waals surface area contributed by atoms with Gasteiger partial charge in [0.15, 0.2) is 0 Å². The first-order chi connectivity index (χ1) is 9.16. The molecule has 1 heterocycles. The van der Waals surface area contributed by atoms with Gasteiger partial charge >= 0.3 is 0 Å². The minimum atomic E-state index is 0. The number of hydrogen-bond acceptors (Lipinski definition) is 1. The van der Waals surface area contributed by atoms with Crippen molar-refractivity contribution >= 4 is 0 Å². The first kappa shape index (κ1) is 24.1. The Morgan fingerprint density at radius 2 is 1.38 bits per heavy atom. The summed E-state index contributed by atoms with van der Waals surface area (Å²) in [5, 5.41) is 0. The number of ether oxygens (including phenoxy) is 1. The van der Waals surface area contributed by atoms with Gasteiger partial charge in [-0.05, 0) is 27.7 Å². The van der Waals surface area contributed by atoms with Crippen LogP contribution in [0.25, 0.3) is 0 Å². The lowest BCUT2D eigenvalue weighted by molar-refractivity contribution is -0.924. The van der Waals surface area contributed by atoms with E-state index in [0.717, 1.165) is 13.2 Å². The molecule has 0 aromatic carbocycles. The quantitative estimate of drug-likeness (QED) is 0.258. The van der Waals surface area contributed by atoms with Crippen molar-refractivity contribution < 1.29 is 47.7 Å². The van der Waals surface area contributed by atoms with Gasteiger partial charge < -0.3 is 47.7 Å². The number of rotatable bonds is 10. The zero-order chi connectivity index (χ0) is 14.2. The van der Waals surface area contributed by atoms with Crippen molar-refractivity contribution in [3.05, 3.63) is 0 Å². The maximum absolute atomic E-state index is 5.95. The van der Waals surface area contributed by atoms with Crippen molar-refractivity contribution in [1.82, 2.24) is 0 Å². The zero-order valence-electron chi connectivity index (χ0n) is 14.5. The molecule has 1 rings (SSSR count). The number of nitrogens with zero attached hydrogens (tertiary/aromatic N) is 2. The first-order valence-corrected chi connectivity index (χ1v) is 8.44. The largest absolute Gasteiger partial charge is 1.00 e. The second-order valence-corrected chi connectivity index (χ2v) is 6.16. The van der Waals surface area contributed by atoms with Crippen LogP contribution in [-0.4, -0.2) is 74.5 Å². The van der Waals surface area contributed by atoms with E-state index < -0.39 is 0 Å². The normalized spacial score (nSPS) is 17.1. The summed E-state index contributed by atoms with van der Waals surface area (Å²) in [5.74, 6) is 0. The summed E-state index contributed by atoms with van der Waals surface area (Å²) in [7, 11) is 0. The molecule has 5 heteroatoms. The number of likely N-dealkylation sites (tertiary alicyclic amines) is 1. The average Bonchev–Trinajstić information content (AvgIpc) is 2.93. The molecule has 1 saturated heterocycles. The maximum Gasteiger partial charge on any atom is 0.102 e. The Kier molecular flexibility index (Phi) is 14.1. The van der Waals surface area contributed by atoms with E-state index in [0.29, 0.717) is 0 Å². The third kappa shape index (κ3) is 7.30. The second kappa shape index (κ2) is 12.3. The monoisotopic (exact) mass is 430 g/mol. The SMILES string of the molecule is CC[N+](CC)(CC)CCOCC[N+]1(CC)CCCC1.[Br-].[Br-]. The minimum absolute atomic E-state index is 0. The molecule has 1 fully saturated rings. The van der Waals surface area contributed by atoms with E-state index in [1.165, 1.54) is 74.2 Å². The van der Waals surface area contributed by atoms with Crippen molar-refractivity contribution in [1.29, 1.82) is 0 Å². The summed E-state index contributed by atoms with van der Waals surface area (Å²) in [6, 6.07) is 0. The summed E-state index contributed by atoms with van der Waals surface area (Å²) >= 11 is 0. The van der Waals surface area contributed by atoms with Crippen LogP contribution in [0.5, 0.6) is 0 Å². The lowest BCUT2D eigenvalue weighted by atomic mass is 10.3. The van der Waals surface area contributed by atoms with E-state index in [4.69, 9.17) is 4.74 Å². The molecule has 0 unspecified atom stereocenters. The molecule has 0 radical (unpaired) electrons. The van der Waals surface area contributed by atoms with Crippen LogP contribution in [0.2, 0.25) is 0 Å². The highest BCUT2D eigenvalue weighted by Gasteiger charge is 2.29. The van der Waals surface area contributed by atoms with Gasteiger partial charge in [0.05, 0.1) is 52.5 Å². The van der Waals surface area contributed by atoms with Crippen molar-refractivity contribution in [2.75, 3.05) is 65.6 Å². The Balaban J connectivity index is 0. The van der Waals surface area contributed by atoms with Crippen molar-refractivity contribution in [2.24, 2.45) is 0 Å². The van der Waals surface area contributed by atoms with Gasteiger partial charge in [0, 0.05) is 12.8 Å². The van der Waals surface area contributed by atoms with Gasteiger partial charge in [-0.15, -0.1) is 0 Å². The van der Waals surface area contributed by atoms with Crippen LogP contribution in [0.15, 0.2) is 0 Å². The average molecular weight is 432 g/mol. The van der Waals surface area contributed by atoms with Crippen LogP contribution >= 0.6 is 0 Å². The third-order valence-electron chi connectivity index (χ3n) is 5.62. The molecule has 0 N–H and O–H groups in total. The summed E-state index contributed by atoms with van der Waals surface area (Å²) in [5.41, 5.74) is 0. The van der Waals surface area contributed by atoms with E-state index in [-0.39, 0.29) is 34.0 Å². The van der Waals surface area contributed by atoms with Crippen molar-refractivity contribution in [2.45, 2.75) is 40.5 Å². The van der Waals surface area contributed by atoms with Gasteiger partial charge in [-0.3, -0.25) is 0 Å². The van der Waals surface area contributed by atoms with Gasteiger partial charge in [-0.2, -0.15) is 0 Å². The Labute approximate surface area is 153 Å². The Bertz CT molecular complexity index is 224. The van der Waals surface area contributed by atoms with Gasteiger partial charge in [0.2, 0.25) is 0 Å². The summed E-state index contributed by atoms with van der Waals surface area (Å²) < 4.78 is 8.46. The third-order valence-corrected chi connectivity index (χ3v) is 5.62. The smallest absolute Gasteiger partial charge is 0.102 e.